The van der Waals surface area contributed by atoms with Crippen LogP contribution in [0, 0.1) is 0 Å². The lowest BCUT2D eigenvalue weighted by molar-refractivity contribution is 0.510. The van der Waals surface area contributed by atoms with E-state index in [9.17, 15) is 0 Å². The molecule has 0 bridgehead atoms. The van der Waals surface area contributed by atoms with Crippen molar-refractivity contribution in [1.29, 1.82) is 0 Å². The highest BCUT2D eigenvalue weighted by atomic mass is 15.2. The molecule has 3 N–H and O–H groups in total. The average molecular weight is 206 g/mol. The summed E-state index contributed by atoms with van der Waals surface area (Å²) in [5.74, 6) is 5.58. The maximum absolute atomic E-state index is 5.58. The van der Waals surface area contributed by atoms with Crippen molar-refractivity contribution < 1.29 is 0 Å². The van der Waals surface area contributed by atoms with Crippen molar-refractivity contribution in [3.8, 4) is 0 Å². The molecule has 1 aromatic carbocycles. The van der Waals surface area contributed by atoms with Gasteiger partial charge in [0.15, 0.2) is 0 Å². The lowest BCUT2D eigenvalue weighted by Crippen LogP contribution is -2.29. The van der Waals surface area contributed by atoms with Crippen molar-refractivity contribution in [2.75, 3.05) is 0 Å². The minimum absolute atomic E-state index is 0.168. The minimum atomic E-state index is 0.168. The van der Waals surface area contributed by atoms with Crippen molar-refractivity contribution in [2.45, 2.75) is 45.6 Å². The Morgan fingerprint density at radius 3 is 2.33 bits per heavy atom. The van der Waals surface area contributed by atoms with Crippen LogP contribution in [0.15, 0.2) is 24.3 Å². The van der Waals surface area contributed by atoms with Crippen molar-refractivity contribution in [3.05, 3.63) is 35.4 Å². The molecule has 1 aromatic rings. The lowest BCUT2D eigenvalue weighted by Gasteiger charge is -2.26. The summed E-state index contributed by atoms with van der Waals surface area (Å²) >= 11 is 0. The number of nitrogens with one attached hydrogen (secondary N) is 1. The predicted octanol–water partition coefficient (Wildman–Crippen LogP) is 2.90. The zero-order valence-corrected chi connectivity index (χ0v) is 10.2. The second kappa shape index (κ2) is 4.77. The first-order valence-electron chi connectivity index (χ1n) is 5.56. The summed E-state index contributed by atoms with van der Waals surface area (Å²) in [5.41, 5.74) is 5.73. The third-order valence-corrected chi connectivity index (χ3v) is 2.75. The third-order valence-electron chi connectivity index (χ3n) is 2.75. The molecule has 1 unspecified atom stereocenters. The van der Waals surface area contributed by atoms with Crippen LogP contribution in [0.2, 0.25) is 0 Å². The largest absolute Gasteiger partial charge is 0.271 e. The molecule has 1 atom stereocenters. The van der Waals surface area contributed by atoms with Gasteiger partial charge in [0.1, 0.15) is 0 Å². The summed E-state index contributed by atoms with van der Waals surface area (Å²) in [7, 11) is 0. The monoisotopic (exact) mass is 206 g/mol. The quantitative estimate of drug-likeness (QED) is 0.589. The van der Waals surface area contributed by atoms with E-state index in [2.05, 4.69) is 57.4 Å². The van der Waals surface area contributed by atoms with Crippen LogP contribution < -0.4 is 11.3 Å². The molecule has 15 heavy (non-hydrogen) atoms. The third kappa shape index (κ3) is 2.80. The molecule has 0 radical (unpaired) electrons. The van der Waals surface area contributed by atoms with E-state index in [4.69, 9.17) is 5.84 Å². The Hall–Kier alpha value is -0.860. The van der Waals surface area contributed by atoms with Gasteiger partial charge in [-0.1, -0.05) is 52.0 Å². The van der Waals surface area contributed by atoms with Crippen LogP contribution in [0.3, 0.4) is 0 Å². The van der Waals surface area contributed by atoms with E-state index in [0.29, 0.717) is 0 Å². The van der Waals surface area contributed by atoms with E-state index in [1.807, 2.05) is 0 Å². The molecule has 0 aromatic heterocycles. The van der Waals surface area contributed by atoms with Crippen LogP contribution >= 0.6 is 0 Å². The fraction of sp³-hybridized carbons (Fsp3) is 0.538. The van der Waals surface area contributed by atoms with Gasteiger partial charge in [-0.3, -0.25) is 11.3 Å². The molecular weight excluding hydrogens is 184 g/mol. The van der Waals surface area contributed by atoms with Gasteiger partial charge in [0.2, 0.25) is 0 Å². The molecule has 2 nitrogen and oxygen atoms in total. The topological polar surface area (TPSA) is 38.0 Å². The van der Waals surface area contributed by atoms with Gasteiger partial charge in [0.25, 0.3) is 0 Å². The molecule has 0 saturated heterocycles. The zero-order valence-electron chi connectivity index (χ0n) is 10.2. The standard InChI is InChI=1S/C13H22N2/c1-5-12(15-14)10-8-6-7-9-11(10)13(2,3)4/h6-9,12,15H,5,14H2,1-4H3. The predicted molar refractivity (Wildman–Crippen MR) is 65.5 cm³/mol. The van der Waals surface area contributed by atoms with E-state index < -0.39 is 0 Å². The molecule has 0 heterocycles. The molecule has 0 aliphatic carbocycles. The molecule has 0 saturated carbocycles. The van der Waals surface area contributed by atoms with Gasteiger partial charge < -0.3 is 0 Å². The number of nitrogens with two attached hydrogens (primary N) is 1. The smallest absolute Gasteiger partial charge is 0.0460 e. The van der Waals surface area contributed by atoms with E-state index >= 15 is 0 Å². The Labute approximate surface area is 92.8 Å². The van der Waals surface area contributed by atoms with Crippen LogP contribution in [-0.4, -0.2) is 0 Å². The summed E-state index contributed by atoms with van der Waals surface area (Å²) in [4.78, 5) is 0. The van der Waals surface area contributed by atoms with Crippen LogP contribution in [0.1, 0.15) is 51.3 Å². The van der Waals surface area contributed by atoms with Gasteiger partial charge in [0, 0.05) is 6.04 Å². The van der Waals surface area contributed by atoms with Crippen molar-refractivity contribution in [3.63, 3.8) is 0 Å². The first-order chi connectivity index (χ1) is 7.00. The van der Waals surface area contributed by atoms with Gasteiger partial charge >= 0.3 is 0 Å². The first-order valence-corrected chi connectivity index (χ1v) is 5.56. The number of benzene rings is 1. The number of hydrogen-bond donors (Lipinski definition) is 2. The molecule has 0 fully saturated rings. The molecule has 1 rings (SSSR count). The van der Waals surface area contributed by atoms with Gasteiger partial charge in [-0.05, 0) is 23.0 Å². The average Bonchev–Trinajstić information content (AvgIpc) is 2.19. The Morgan fingerprint density at radius 2 is 1.87 bits per heavy atom. The second-order valence-corrected chi connectivity index (χ2v) is 4.96. The highest BCUT2D eigenvalue weighted by Gasteiger charge is 2.20. The van der Waals surface area contributed by atoms with Gasteiger partial charge in [-0.15, -0.1) is 0 Å². The summed E-state index contributed by atoms with van der Waals surface area (Å²) < 4.78 is 0. The second-order valence-electron chi connectivity index (χ2n) is 4.96. The van der Waals surface area contributed by atoms with Gasteiger partial charge in [0.05, 0.1) is 0 Å². The molecule has 84 valence electrons. The summed E-state index contributed by atoms with van der Waals surface area (Å²) in [6.07, 6.45) is 1.00. The van der Waals surface area contributed by atoms with Gasteiger partial charge in [-0.2, -0.15) is 0 Å². The molecule has 0 spiro atoms. The molecule has 0 amide bonds. The Kier molecular flexibility index (Phi) is 3.89. The van der Waals surface area contributed by atoms with E-state index in [-0.39, 0.29) is 11.5 Å². The van der Waals surface area contributed by atoms with E-state index in [1.54, 1.807) is 0 Å². The number of hydrazine groups is 1. The SMILES string of the molecule is CCC(NN)c1ccccc1C(C)(C)C. The fourth-order valence-corrected chi connectivity index (χ4v) is 1.91. The van der Waals surface area contributed by atoms with Gasteiger partial charge in [-0.25, -0.2) is 0 Å². The van der Waals surface area contributed by atoms with Crippen molar-refractivity contribution in [1.82, 2.24) is 5.43 Å². The van der Waals surface area contributed by atoms with Crippen LogP contribution in [0.25, 0.3) is 0 Å². The fourth-order valence-electron chi connectivity index (χ4n) is 1.91. The molecular formula is C13H22N2. The van der Waals surface area contributed by atoms with Crippen LogP contribution in [0.4, 0.5) is 0 Å². The highest BCUT2D eigenvalue weighted by molar-refractivity contribution is 5.35. The maximum atomic E-state index is 5.58. The molecule has 0 aliphatic rings. The summed E-state index contributed by atoms with van der Waals surface area (Å²) in [5, 5.41) is 0. The minimum Gasteiger partial charge on any atom is -0.271 e. The Bertz CT molecular complexity index is 309. The Morgan fingerprint density at radius 1 is 1.27 bits per heavy atom. The maximum Gasteiger partial charge on any atom is 0.0460 e. The molecule has 0 aliphatic heterocycles. The zero-order chi connectivity index (χ0) is 11.5. The first kappa shape index (κ1) is 12.2. The van der Waals surface area contributed by atoms with Crippen molar-refractivity contribution >= 4 is 0 Å². The highest BCUT2D eigenvalue weighted by Crippen LogP contribution is 2.30. The van der Waals surface area contributed by atoms with E-state index in [0.717, 1.165) is 6.42 Å². The van der Waals surface area contributed by atoms with E-state index in [1.165, 1.54) is 11.1 Å². The summed E-state index contributed by atoms with van der Waals surface area (Å²) in [6, 6.07) is 8.77. The van der Waals surface area contributed by atoms with Crippen LogP contribution in [-0.2, 0) is 5.41 Å². The van der Waals surface area contributed by atoms with Crippen LogP contribution in [0.5, 0.6) is 0 Å². The molecule has 2 heteroatoms. The summed E-state index contributed by atoms with van der Waals surface area (Å²) in [6.45, 7) is 8.84. The number of rotatable bonds is 3. The number of hydrogen-bond acceptors (Lipinski definition) is 2. The Balaban J connectivity index is 3.17. The van der Waals surface area contributed by atoms with Crippen molar-refractivity contribution in [2.24, 2.45) is 5.84 Å². The normalized spacial score (nSPS) is 13.9. The lowest BCUT2D eigenvalue weighted by atomic mass is 9.81.